The Kier molecular flexibility index (Phi) is 4.26. The van der Waals surface area contributed by atoms with Crippen molar-refractivity contribution in [3.8, 4) is 0 Å². The molecule has 2 rings (SSSR count). The van der Waals surface area contributed by atoms with Crippen molar-refractivity contribution in [1.82, 2.24) is 10.2 Å². The number of carbonyl (C=O) groups is 2. The molecule has 7 heteroatoms. The van der Waals surface area contributed by atoms with Crippen molar-refractivity contribution in [3.05, 3.63) is 0 Å². The third kappa shape index (κ3) is 2.98. The summed E-state index contributed by atoms with van der Waals surface area (Å²) in [5, 5.41) is 21.0. The molecule has 1 atom stereocenters. The number of rotatable bonds is 3. The van der Waals surface area contributed by atoms with Gasteiger partial charge in [-0.15, -0.1) is 0 Å². The van der Waals surface area contributed by atoms with Crippen molar-refractivity contribution in [2.24, 2.45) is 0 Å². The predicted octanol–water partition coefficient (Wildman–Crippen LogP) is -0.213. The molecule has 0 bridgehead atoms. The number of carboxylic acids is 1. The second-order valence-electron chi connectivity index (χ2n) is 5.15. The number of urea groups is 1. The van der Waals surface area contributed by atoms with Gasteiger partial charge in [0.05, 0.1) is 25.9 Å². The van der Waals surface area contributed by atoms with Gasteiger partial charge in [-0.3, -0.25) is 0 Å². The average molecular weight is 272 g/mol. The fraction of sp³-hybridized carbons (Fsp3) is 0.833. The number of carbonyl (C=O) groups excluding carboxylic acids is 1. The Morgan fingerprint density at radius 3 is 2.63 bits per heavy atom. The molecular formula is C12H20N2O5. The molecule has 2 amide bonds. The number of aliphatic hydroxyl groups is 1. The lowest BCUT2D eigenvalue weighted by molar-refractivity contribution is -0.144. The fourth-order valence-electron chi connectivity index (χ4n) is 2.67. The average Bonchev–Trinajstić information content (AvgIpc) is 2.88. The first-order chi connectivity index (χ1) is 9.07. The topological polar surface area (TPSA) is 99.1 Å². The summed E-state index contributed by atoms with van der Waals surface area (Å²) in [7, 11) is 0. The van der Waals surface area contributed by atoms with E-state index in [1.165, 1.54) is 4.90 Å². The molecule has 1 heterocycles. The van der Waals surface area contributed by atoms with Crippen molar-refractivity contribution in [2.45, 2.75) is 37.3 Å². The summed E-state index contributed by atoms with van der Waals surface area (Å²) in [6, 6.07) is -0.383. The van der Waals surface area contributed by atoms with Crippen LogP contribution < -0.4 is 5.32 Å². The lowest BCUT2D eigenvalue weighted by Crippen LogP contribution is -2.59. The lowest BCUT2D eigenvalue weighted by Gasteiger charge is -2.35. The van der Waals surface area contributed by atoms with E-state index in [0.29, 0.717) is 26.0 Å². The molecule has 1 unspecified atom stereocenters. The predicted molar refractivity (Wildman–Crippen MR) is 65.8 cm³/mol. The Hall–Kier alpha value is -1.34. The fourth-order valence-corrected chi connectivity index (χ4v) is 2.67. The summed E-state index contributed by atoms with van der Waals surface area (Å²) in [6.45, 7) is 0.919. The molecule has 1 saturated heterocycles. The summed E-state index contributed by atoms with van der Waals surface area (Å²) in [5.41, 5.74) is -1.12. The first-order valence-corrected chi connectivity index (χ1v) is 6.60. The maximum absolute atomic E-state index is 12.1. The van der Waals surface area contributed by atoms with E-state index in [2.05, 4.69) is 5.32 Å². The molecule has 108 valence electrons. The van der Waals surface area contributed by atoms with Crippen LogP contribution >= 0.6 is 0 Å². The minimum absolute atomic E-state index is 0.145. The van der Waals surface area contributed by atoms with Gasteiger partial charge in [0, 0.05) is 6.54 Å². The highest BCUT2D eigenvalue weighted by molar-refractivity contribution is 5.86. The highest BCUT2D eigenvalue weighted by Crippen LogP contribution is 2.30. The molecule has 2 aliphatic rings. The summed E-state index contributed by atoms with van der Waals surface area (Å²) in [6.07, 6.45) is 2.19. The van der Waals surface area contributed by atoms with Crippen LogP contribution in [0.15, 0.2) is 0 Å². The zero-order chi connectivity index (χ0) is 13.9. The molecule has 0 radical (unpaired) electrons. The van der Waals surface area contributed by atoms with Crippen molar-refractivity contribution in [3.63, 3.8) is 0 Å². The number of amides is 2. The maximum Gasteiger partial charge on any atom is 0.329 e. The van der Waals surface area contributed by atoms with Gasteiger partial charge in [0.1, 0.15) is 5.54 Å². The molecule has 7 nitrogen and oxygen atoms in total. The van der Waals surface area contributed by atoms with Crippen molar-refractivity contribution in [1.29, 1.82) is 0 Å². The molecule has 0 aromatic carbocycles. The van der Waals surface area contributed by atoms with Crippen molar-refractivity contribution in [2.75, 3.05) is 26.3 Å². The first kappa shape index (κ1) is 14.1. The van der Waals surface area contributed by atoms with E-state index >= 15 is 0 Å². The maximum atomic E-state index is 12.1. The van der Waals surface area contributed by atoms with Crippen LogP contribution in [0.2, 0.25) is 0 Å². The highest BCUT2D eigenvalue weighted by atomic mass is 16.5. The molecule has 1 aliphatic heterocycles. The van der Waals surface area contributed by atoms with Crippen LogP contribution in [0.4, 0.5) is 4.79 Å². The third-order valence-corrected chi connectivity index (χ3v) is 3.84. The van der Waals surface area contributed by atoms with Crippen LogP contribution in [0.25, 0.3) is 0 Å². The van der Waals surface area contributed by atoms with E-state index in [-0.39, 0.29) is 25.3 Å². The van der Waals surface area contributed by atoms with Gasteiger partial charge in [0.2, 0.25) is 0 Å². The minimum Gasteiger partial charge on any atom is -0.480 e. The van der Waals surface area contributed by atoms with E-state index in [9.17, 15) is 14.7 Å². The molecule has 3 N–H and O–H groups in total. The first-order valence-electron chi connectivity index (χ1n) is 6.60. The molecule has 0 spiro atoms. The number of nitrogens with zero attached hydrogens (tertiary/aromatic N) is 1. The van der Waals surface area contributed by atoms with Gasteiger partial charge >= 0.3 is 12.0 Å². The molecule has 0 aromatic heterocycles. The largest absolute Gasteiger partial charge is 0.480 e. The number of ether oxygens (including phenoxy) is 1. The van der Waals surface area contributed by atoms with Gasteiger partial charge in [-0.05, 0) is 12.8 Å². The van der Waals surface area contributed by atoms with E-state index in [4.69, 9.17) is 9.84 Å². The summed E-state index contributed by atoms with van der Waals surface area (Å²) in [4.78, 5) is 25.0. The third-order valence-electron chi connectivity index (χ3n) is 3.84. The quantitative estimate of drug-likeness (QED) is 0.660. The standard InChI is InChI=1S/C12H20N2O5/c15-8-9-7-14(5-6-19-9)11(18)13-12(10(16)17)3-1-2-4-12/h9,15H,1-8H2,(H,13,18)(H,16,17). The Labute approximate surface area is 111 Å². The molecule has 1 saturated carbocycles. The van der Waals surface area contributed by atoms with Crippen LogP contribution in [-0.4, -0.2) is 65.1 Å². The second-order valence-corrected chi connectivity index (χ2v) is 5.15. The Bertz CT molecular complexity index is 354. The highest BCUT2D eigenvalue weighted by Gasteiger charge is 2.43. The molecule has 1 aliphatic carbocycles. The number of carboxylic acid groups (broad SMARTS) is 1. The van der Waals surface area contributed by atoms with Crippen LogP contribution in [0.3, 0.4) is 0 Å². The van der Waals surface area contributed by atoms with Crippen molar-refractivity contribution >= 4 is 12.0 Å². The molecule has 2 fully saturated rings. The monoisotopic (exact) mass is 272 g/mol. The van der Waals surface area contributed by atoms with Gasteiger partial charge in [-0.1, -0.05) is 12.8 Å². The zero-order valence-electron chi connectivity index (χ0n) is 10.8. The van der Waals surface area contributed by atoms with E-state index in [1.807, 2.05) is 0 Å². The van der Waals surface area contributed by atoms with Crippen LogP contribution in [-0.2, 0) is 9.53 Å². The number of hydrogen-bond donors (Lipinski definition) is 3. The van der Waals surface area contributed by atoms with Crippen LogP contribution in [0.1, 0.15) is 25.7 Å². The van der Waals surface area contributed by atoms with Gasteiger partial charge < -0.3 is 25.2 Å². The Morgan fingerprint density at radius 2 is 2.05 bits per heavy atom. The minimum atomic E-state index is -1.12. The zero-order valence-corrected chi connectivity index (χ0v) is 10.8. The van der Waals surface area contributed by atoms with E-state index in [0.717, 1.165) is 12.8 Å². The van der Waals surface area contributed by atoms with Gasteiger partial charge in [-0.2, -0.15) is 0 Å². The van der Waals surface area contributed by atoms with Crippen molar-refractivity contribution < 1.29 is 24.5 Å². The number of morpholine rings is 1. The Balaban J connectivity index is 1.97. The van der Waals surface area contributed by atoms with E-state index in [1.54, 1.807) is 0 Å². The van der Waals surface area contributed by atoms with Gasteiger partial charge in [0.15, 0.2) is 0 Å². The smallest absolute Gasteiger partial charge is 0.329 e. The lowest BCUT2D eigenvalue weighted by atomic mass is 9.98. The molecule has 0 aromatic rings. The second kappa shape index (κ2) is 5.75. The summed E-state index contributed by atoms with van der Waals surface area (Å²) < 4.78 is 5.26. The SMILES string of the molecule is O=C(NC1(C(=O)O)CCCC1)N1CCOC(CO)C1. The number of aliphatic carboxylic acids is 1. The Morgan fingerprint density at radius 1 is 1.37 bits per heavy atom. The number of hydrogen-bond acceptors (Lipinski definition) is 4. The summed E-state index contributed by atoms with van der Waals surface area (Å²) >= 11 is 0. The molecular weight excluding hydrogens is 252 g/mol. The van der Waals surface area contributed by atoms with Crippen LogP contribution in [0.5, 0.6) is 0 Å². The van der Waals surface area contributed by atoms with E-state index < -0.39 is 11.5 Å². The van der Waals surface area contributed by atoms with Gasteiger partial charge in [-0.25, -0.2) is 9.59 Å². The summed E-state index contributed by atoms with van der Waals surface area (Å²) in [5.74, 6) is -0.967. The normalized spacial score (nSPS) is 26.2. The van der Waals surface area contributed by atoms with Crippen LogP contribution in [0, 0.1) is 0 Å². The number of aliphatic hydroxyl groups excluding tert-OH is 1. The number of nitrogens with one attached hydrogen (secondary N) is 1. The van der Waals surface area contributed by atoms with Gasteiger partial charge in [0.25, 0.3) is 0 Å². The molecule has 19 heavy (non-hydrogen) atoms.